The van der Waals surface area contributed by atoms with Gasteiger partial charge in [-0.2, -0.15) is 10.6 Å². The van der Waals surface area contributed by atoms with Gasteiger partial charge >= 0.3 is 0 Å². The first-order chi connectivity index (χ1) is 18.7. The molecule has 0 saturated carbocycles. The number of aromatic nitrogens is 2. The number of benzene rings is 2. The van der Waals surface area contributed by atoms with Crippen LogP contribution in [0.4, 0.5) is 4.39 Å². The van der Waals surface area contributed by atoms with Gasteiger partial charge in [0.2, 0.25) is 5.75 Å². The monoisotopic (exact) mass is 554 g/mol. The first kappa shape index (κ1) is 28.8. The van der Waals surface area contributed by atoms with Gasteiger partial charge in [0, 0.05) is 54.4 Å². The van der Waals surface area contributed by atoms with E-state index in [1.807, 2.05) is 48.5 Å². The van der Waals surface area contributed by atoms with E-state index in [4.69, 9.17) is 0 Å². The van der Waals surface area contributed by atoms with Crippen LogP contribution in [-0.4, -0.2) is 61.0 Å². The van der Waals surface area contributed by atoms with Crippen molar-refractivity contribution in [2.75, 3.05) is 24.7 Å². The lowest BCUT2D eigenvalue weighted by Crippen LogP contribution is -2.32. The topological polar surface area (TPSA) is 130 Å². The van der Waals surface area contributed by atoms with Gasteiger partial charge in [0.15, 0.2) is 0 Å². The molecule has 4 rings (SSSR count). The second kappa shape index (κ2) is 13.2. The number of halogens is 1. The number of hydrogen-bond acceptors (Lipinski definition) is 7. The van der Waals surface area contributed by atoms with Crippen molar-refractivity contribution < 1.29 is 18.6 Å². The molecule has 0 amide bonds. The van der Waals surface area contributed by atoms with Crippen LogP contribution in [-0.2, 0) is 13.0 Å². The Morgan fingerprint density at radius 3 is 2.41 bits per heavy atom. The highest BCUT2D eigenvalue weighted by Crippen LogP contribution is 2.45. The second-order valence-electron chi connectivity index (χ2n) is 10.0. The van der Waals surface area contributed by atoms with Gasteiger partial charge in [-0.1, -0.05) is 36.1 Å². The molecule has 2 aromatic carbocycles. The predicted octanol–water partition coefficient (Wildman–Crippen LogP) is 3.76. The summed E-state index contributed by atoms with van der Waals surface area (Å²) in [5.41, 5.74) is 3.49. The number of hydrogen-bond donors (Lipinski definition) is 6. The molecule has 208 valence electrons. The molecular weight excluding hydrogens is 519 g/mol. The van der Waals surface area contributed by atoms with Crippen LogP contribution in [0, 0.1) is 11.8 Å². The van der Waals surface area contributed by atoms with Crippen LogP contribution >= 0.6 is 10.6 Å². The third-order valence-corrected chi connectivity index (χ3v) is 8.66. The van der Waals surface area contributed by atoms with Crippen molar-refractivity contribution in [3.63, 3.8) is 0 Å². The third-order valence-electron chi connectivity index (χ3n) is 6.83. The van der Waals surface area contributed by atoms with Crippen molar-refractivity contribution in [1.82, 2.24) is 20.6 Å². The number of aromatic hydroxyl groups is 1. The van der Waals surface area contributed by atoms with Crippen LogP contribution in [0.2, 0.25) is 0 Å². The van der Waals surface area contributed by atoms with E-state index < -0.39 is 28.6 Å². The maximum atomic E-state index is 13.0. The molecule has 3 atom stereocenters. The Morgan fingerprint density at radius 1 is 1.13 bits per heavy atom. The summed E-state index contributed by atoms with van der Waals surface area (Å²) in [6.45, 7) is 2.38. The summed E-state index contributed by atoms with van der Waals surface area (Å²) in [7, 11) is -2.40. The fourth-order valence-corrected chi connectivity index (χ4v) is 6.21. The predicted molar refractivity (Wildman–Crippen MR) is 153 cm³/mol. The molecule has 8 nitrogen and oxygen atoms in total. The van der Waals surface area contributed by atoms with Crippen molar-refractivity contribution in [3.8, 4) is 17.6 Å². The maximum absolute atomic E-state index is 13.0. The third kappa shape index (κ3) is 8.39. The van der Waals surface area contributed by atoms with Gasteiger partial charge in [-0.3, -0.25) is 13.9 Å². The van der Waals surface area contributed by atoms with Crippen molar-refractivity contribution >= 4 is 10.6 Å². The fraction of sp³-hybridized carbons (Fsp3) is 0.379. The van der Waals surface area contributed by atoms with E-state index in [1.54, 1.807) is 6.92 Å². The Kier molecular flexibility index (Phi) is 9.78. The molecule has 6 N–H and O–H groups in total. The Hall–Kier alpha value is -3.20. The minimum Gasteiger partial charge on any atom is -0.502 e. The zero-order valence-corrected chi connectivity index (χ0v) is 22.7. The molecule has 1 saturated heterocycles. The summed E-state index contributed by atoms with van der Waals surface area (Å²) in [5.74, 6) is 6.72. The van der Waals surface area contributed by atoms with E-state index in [-0.39, 0.29) is 18.0 Å². The highest BCUT2D eigenvalue weighted by Gasteiger charge is 2.27. The summed E-state index contributed by atoms with van der Waals surface area (Å²) in [4.78, 5) is 18.3. The van der Waals surface area contributed by atoms with Gasteiger partial charge < -0.3 is 20.7 Å². The molecule has 2 heterocycles. The van der Waals surface area contributed by atoms with Crippen LogP contribution in [0.5, 0.6) is 5.75 Å². The van der Waals surface area contributed by atoms with E-state index in [0.717, 1.165) is 28.7 Å². The van der Waals surface area contributed by atoms with E-state index >= 15 is 0 Å². The lowest BCUT2D eigenvalue weighted by molar-refractivity contribution is 0.381. The van der Waals surface area contributed by atoms with Gasteiger partial charge in [-0.05, 0) is 48.7 Å². The lowest BCUT2D eigenvalue weighted by Gasteiger charge is -2.26. The Labute approximate surface area is 229 Å². The number of nitrogens with one attached hydrogen (secondary N) is 3. The van der Waals surface area contributed by atoms with E-state index in [1.165, 1.54) is 6.33 Å². The summed E-state index contributed by atoms with van der Waals surface area (Å²) in [6.07, 6.45) is 2.36. The molecule has 10 heteroatoms. The van der Waals surface area contributed by atoms with Crippen LogP contribution in [0.25, 0.3) is 0 Å². The van der Waals surface area contributed by atoms with Crippen LogP contribution in [0.3, 0.4) is 0 Å². The minimum absolute atomic E-state index is 0.136. The molecule has 0 bridgehead atoms. The molecular formula is C29H35FN4O4S. The average molecular weight is 555 g/mol. The summed E-state index contributed by atoms with van der Waals surface area (Å²) in [5, 5.41) is 16.7. The van der Waals surface area contributed by atoms with E-state index in [0.29, 0.717) is 36.7 Å². The Bertz CT molecular complexity index is 1350. The van der Waals surface area contributed by atoms with Gasteiger partial charge in [0.25, 0.3) is 5.56 Å². The molecule has 39 heavy (non-hydrogen) atoms. The van der Waals surface area contributed by atoms with Crippen molar-refractivity contribution in [3.05, 3.63) is 93.2 Å². The fourth-order valence-electron chi connectivity index (χ4n) is 4.45. The molecule has 1 aliphatic rings. The first-order valence-electron chi connectivity index (χ1n) is 12.9. The molecule has 0 aliphatic carbocycles. The minimum atomic E-state index is -2.40. The molecule has 1 fully saturated rings. The SMILES string of the molecule is CC(CF)NC[C@H](Cc1nc[nH]c(=O)c1O)c1ccc(C#Cc2ccc(CNC3CCS(O)(O)C3)cc2)cc1. The Balaban J connectivity index is 1.39. The zero-order chi connectivity index (χ0) is 27.8. The molecule has 1 aromatic heterocycles. The number of alkyl halides is 1. The molecule has 1 aliphatic heterocycles. The quantitative estimate of drug-likeness (QED) is 0.211. The molecule has 0 spiro atoms. The highest BCUT2D eigenvalue weighted by atomic mass is 32.3. The number of nitrogens with zero attached hydrogens (tertiary/aromatic N) is 1. The average Bonchev–Trinajstić information content (AvgIpc) is 3.30. The number of aromatic amines is 1. The lowest BCUT2D eigenvalue weighted by atomic mass is 9.92. The van der Waals surface area contributed by atoms with Crippen molar-refractivity contribution in [1.29, 1.82) is 0 Å². The number of rotatable bonds is 10. The normalized spacial score (nSPS) is 18.6. The number of H-pyrrole nitrogens is 1. The Morgan fingerprint density at radius 2 is 1.79 bits per heavy atom. The molecule has 3 aromatic rings. The van der Waals surface area contributed by atoms with E-state index in [9.17, 15) is 23.4 Å². The van der Waals surface area contributed by atoms with Crippen LogP contribution < -0.4 is 16.2 Å². The van der Waals surface area contributed by atoms with Gasteiger partial charge in [-0.15, -0.1) is 0 Å². The summed E-state index contributed by atoms with van der Waals surface area (Å²) in [6, 6.07) is 15.5. The largest absolute Gasteiger partial charge is 0.502 e. The first-order valence-corrected chi connectivity index (χ1v) is 14.8. The molecule has 0 radical (unpaired) electrons. The summed E-state index contributed by atoms with van der Waals surface area (Å²) >= 11 is 0. The van der Waals surface area contributed by atoms with Gasteiger partial charge in [-0.25, -0.2) is 9.37 Å². The zero-order valence-electron chi connectivity index (χ0n) is 21.9. The second-order valence-corrected chi connectivity index (χ2v) is 12.3. The molecule has 2 unspecified atom stereocenters. The van der Waals surface area contributed by atoms with Crippen molar-refractivity contribution in [2.24, 2.45) is 0 Å². The highest BCUT2D eigenvalue weighted by molar-refractivity contribution is 8.24. The maximum Gasteiger partial charge on any atom is 0.293 e. The summed E-state index contributed by atoms with van der Waals surface area (Å²) < 4.78 is 32.6. The van der Waals surface area contributed by atoms with Gasteiger partial charge in [0.05, 0.1) is 17.8 Å². The van der Waals surface area contributed by atoms with Crippen molar-refractivity contribution in [2.45, 2.75) is 44.3 Å². The van der Waals surface area contributed by atoms with Gasteiger partial charge in [0.1, 0.15) is 6.67 Å². The van der Waals surface area contributed by atoms with Crippen LogP contribution in [0.15, 0.2) is 59.7 Å². The smallest absolute Gasteiger partial charge is 0.293 e. The van der Waals surface area contributed by atoms with E-state index in [2.05, 4.69) is 32.4 Å². The standard InChI is InChI=1S/C29H35FN4O4S/c1-20(15-30)31-17-25(14-27-28(35)29(36)34-19-33-27)24-10-8-22(9-11-24)3-2-21-4-6-23(7-5-21)16-32-26-12-13-39(37,38)18-26/h4-11,19-20,25-26,31-32,35,37-38H,12-18H2,1H3,(H,33,34,36)/t20?,25-,26?/m0/s1. The van der Waals surface area contributed by atoms with Crippen LogP contribution in [0.1, 0.15) is 47.2 Å².